The van der Waals surface area contributed by atoms with E-state index in [0.717, 1.165) is 50.1 Å². The van der Waals surface area contributed by atoms with Crippen LogP contribution in [0.5, 0.6) is 0 Å². The van der Waals surface area contributed by atoms with Gasteiger partial charge in [-0.25, -0.2) is 8.42 Å². The molecule has 3 N–H and O–H groups in total. The standard InChI is InChI=1S/C27H27F3N4O6S2/c1-41(37,38)32-18-10-11-19-20(12-18)42(39,40)33-25(31-19)22-24(35)21-15-4-6-16(7-5-15)23(21)34(26(22)36)13-14-2-8-17(9-3-14)27(28,29)30/h2-3,8-12,15-16,21,23,32,35H,4-7,13H2,1H3,(H,31,33)/t15?,16?,21-,23+/m1/s1. The Morgan fingerprint density at radius 3 is 2.33 bits per heavy atom. The fourth-order valence-electron chi connectivity index (χ4n) is 6.75. The van der Waals surface area contributed by atoms with Crippen LogP contribution in [0.25, 0.3) is 0 Å². The van der Waals surface area contributed by atoms with Crippen LogP contribution in [-0.4, -0.2) is 50.9 Å². The molecule has 5 aliphatic rings. The summed E-state index contributed by atoms with van der Waals surface area (Å²) >= 11 is 0. The van der Waals surface area contributed by atoms with Crippen molar-refractivity contribution in [3.8, 4) is 0 Å². The van der Waals surface area contributed by atoms with Crippen LogP contribution >= 0.6 is 0 Å². The number of anilines is 2. The van der Waals surface area contributed by atoms with Gasteiger partial charge in [-0.1, -0.05) is 12.1 Å². The maximum Gasteiger partial charge on any atom is 0.416 e. The molecular formula is C27H27F3N4O6S2. The molecule has 7 rings (SSSR count). The second-order valence-corrected chi connectivity index (χ2v) is 14.5. The number of hydrogen-bond donors (Lipinski definition) is 3. The number of nitrogens with zero attached hydrogens (tertiary/aromatic N) is 2. The Labute approximate surface area is 240 Å². The van der Waals surface area contributed by atoms with Gasteiger partial charge in [0.15, 0.2) is 5.84 Å². The number of benzene rings is 2. The first kappa shape index (κ1) is 28.5. The SMILES string of the molecule is CS(=O)(=O)Nc1ccc2c(c1)S(=O)(=O)N=C(C1=C(O)[C@@H]3C4CCC(CC4)[C@@H]3N(Cc3ccc(C(F)(F)F)cc3)C1=O)N2. The molecule has 2 aromatic carbocycles. The zero-order valence-electron chi connectivity index (χ0n) is 22.2. The third kappa shape index (κ3) is 5.02. The number of amides is 1. The summed E-state index contributed by atoms with van der Waals surface area (Å²) in [5.74, 6) is -1.66. The minimum absolute atomic E-state index is 0.000120. The van der Waals surface area contributed by atoms with Crippen LogP contribution in [0.2, 0.25) is 0 Å². The molecule has 0 aromatic heterocycles. The zero-order valence-corrected chi connectivity index (χ0v) is 23.9. The summed E-state index contributed by atoms with van der Waals surface area (Å²) in [6, 6.07) is 7.89. The average molecular weight is 625 g/mol. The lowest BCUT2D eigenvalue weighted by Gasteiger charge is -2.54. The van der Waals surface area contributed by atoms with E-state index in [0.29, 0.717) is 5.56 Å². The van der Waals surface area contributed by atoms with Crippen molar-refractivity contribution in [3.05, 3.63) is 64.9 Å². The molecule has 3 saturated carbocycles. The van der Waals surface area contributed by atoms with E-state index in [4.69, 9.17) is 0 Å². The molecule has 0 radical (unpaired) electrons. The third-order valence-corrected chi connectivity index (χ3v) is 10.4. The number of rotatable bonds is 5. The topological polar surface area (TPSA) is 145 Å². The molecule has 10 nitrogen and oxygen atoms in total. The fourth-order valence-corrected chi connectivity index (χ4v) is 8.45. The molecule has 1 amide bonds. The summed E-state index contributed by atoms with van der Waals surface area (Å²) in [6.45, 7) is -0.0325. The number of sulfonamides is 2. The number of carbonyl (C=O) groups is 1. The molecule has 224 valence electrons. The highest BCUT2D eigenvalue weighted by Gasteiger charge is 2.54. The molecule has 2 bridgehead atoms. The van der Waals surface area contributed by atoms with E-state index in [1.807, 2.05) is 0 Å². The molecule has 2 aliphatic heterocycles. The molecule has 3 fully saturated rings. The minimum atomic E-state index is -4.51. The first-order valence-electron chi connectivity index (χ1n) is 13.3. The highest BCUT2D eigenvalue weighted by molar-refractivity contribution is 7.92. The van der Waals surface area contributed by atoms with Crippen LogP contribution in [0.1, 0.15) is 36.8 Å². The summed E-state index contributed by atoms with van der Waals surface area (Å²) in [6.07, 6.45) is -0.263. The Kier molecular flexibility index (Phi) is 6.61. The molecule has 42 heavy (non-hydrogen) atoms. The number of alkyl halides is 3. The Morgan fingerprint density at radius 2 is 1.71 bits per heavy atom. The van der Waals surface area contributed by atoms with Gasteiger partial charge in [0, 0.05) is 24.2 Å². The van der Waals surface area contributed by atoms with Gasteiger partial charge in [-0.05, 0) is 73.4 Å². The van der Waals surface area contributed by atoms with Crippen LogP contribution < -0.4 is 10.0 Å². The van der Waals surface area contributed by atoms with Crippen molar-refractivity contribution in [1.82, 2.24) is 4.90 Å². The largest absolute Gasteiger partial charge is 0.511 e. The van der Waals surface area contributed by atoms with Gasteiger partial charge in [0.2, 0.25) is 10.0 Å². The van der Waals surface area contributed by atoms with Gasteiger partial charge in [-0.2, -0.15) is 21.6 Å². The van der Waals surface area contributed by atoms with E-state index in [1.54, 1.807) is 0 Å². The van der Waals surface area contributed by atoms with Gasteiger partial charge in [0.25, 0.3) is 15.9 Å². The zero-order chi connectivity index (χ0) is 30.2. The van der Waals surface area contributed by atoms with Crippen molar-refractivity contribution >= 4 is 43.2 Å². The van der Waals surface area contributed by atoms with E-state index in [1.165, 1.54) is 29.2 Å². The number of carbonyl (C=O) groups excluding carboxylic acids is 1. The van der Waals surface area contributed by atoms with Crippen molar-refractivity contribution in [2.45, 2.75) is 49.3 Å². The summed E-state index contributed by atoms with van der Waals surface area (Å²) in [5, 5.41) is 14.3. The van der Waals surface area contributed by atoms with E-state index in [2.05, 4.69) is 14.4 Å². The number of fused-ring (bicyclic) bond motifs is 3. The Hall–Kier alpha value is -3.59. The predicted octanol–water partition coefficient (Wildman–Crippen LogP) is 4.25. The van der Waals surface area contributed by atoms with E-state index >= 15 is 0 Å². The maximum absolute atomic E-state index is 14.1. The summed E-state index contributed by atoms with van der Waals surface area (Å²) in [7, 11) is -8.12. The Bertz CT molecular complexity index is 1750. The normalized spacial score (nSPS) is 26.7. The van der Waals surface area contributed by atoms with Crippen molar-refractivity contribution in [1.29, 1.82) is 0 Å². The third-order valence-electron chi connectivity index (χ3n) is 8.48. The number of nitrogens with one attached hydrogen (secondary N) is 2. The molecule has 2 heterocycles. The average Bonchev–Trinajstić information content (AvgIpc) is 2.90. The van der Waals surface area contributed by atoms with E-state index < -0.39 is 49.7 Å². The van der Waals surface area contributed by atoms with Crippen LogP contribution in [0, 0.1) is 17.8 Å². The number of aliphatic hydroxyl groups is 1. The highest BCUT2D eigenvalue weighted by atomic mass is 32.2. The molecule has 3 aliphatic carbocycles. The monoisotopic (exact) mass is 624 g/mol. The van der Waals surface area contributed by atoms with Gasteiger partial charge >= 0.3 is 6.18 Å². The molecule has 0 saturated heterocycles. The number of hydrogen-bond acceptors (Lipinski definition) is 7. The fraction of sp³-hybridized carbons (Fsp3) is 0.407. The van der Waals surface area contributed by atoms with Gasteiger partial charge < -0.3 is 15.3 Å². The van der Waals surface area contributed by atoms with Crippen molar-refractivity contribution < 1.29 is 39.9 Å². The van der Waals surface area contributed by atoms with E-state index in [-0.39, 0.29) is 51.8 Å². The smallest absolute Gasteiger partial charge is 0.416 e. The Morgan fingerprint density at radius 1 is 1.07 bits per heavy atom. The lowest BCUT2D eigenvalue weighted by atomic mass is 9.59. The van der Waals surface area contributed by atoms with Crippen LogP contribution in [-0.2, 0) is 37.6 Å². The van der Waals surface area contributed by atoms with Crippen molar-refractivity contribution in [2.24, 2.45) is 22.2 Å². The summed E-state index contributed by atoms with van der Waals surface area (Å²) in [5.41, 5.74) is -0.625. The van der Waals surface area contributed by atoms with Gasteiger partial charge in [-0.3, -0.25) is 9.52 Å². The van der Waals surface area contributed by atoms with Gasteiger partial charge in [-0.15, -0.1) is 4.40 Å². The lowest BCUT2D eigenvalue weighted by Crippen LogP contribution is -2.60. The second-order valence-electron chi connectivity index (χ2n) is 11.2. The number of amidine groups is 1. The Balaban J connectivity index is 1.39. The molecule has 2 aromatic rings. The van der Waals surface area contributed by atoms with Crippen LogP contribution in [0.4, 0.5) is 24.5 Å². The molecular weight excluding hydrogens is 597 g/mol. The molecule has 0 unspecified atom stereocenters. The van der Waals surface area contributed by atoms with E-state index in [9.17, 15) is 39.9 Å². The lowest BCUT2D eigenvalue weighted by molar-refractivity contribution is -0.140. The minimum Gasteiger partial charge on any atom is -0.511 e. The van der Waals surface area contributed by atoms with Gasteiger partial charge in [0.05, 0.1) is 17.5 Å². The van der Waals surface area contributed by atoms with Gasteiger partial charge in [0.1, 0.15) is 16.2 Å². The predicted molar refractivity (Wildman–Crippen MR) is 148 cm³/mol. The van der Waals surface area contributed by atoms with Crippen LogP contribution in [0.15, 0.2) is 63.1 Å². The highest BCUT2D eigenvalue weighted by Crippen LogP contribution is 2.52. The molecule has 0 spiro atoms. The summed E-state index contributed by atoms with van der Waals surface area (Å²) in [4.78, 5) is 15.3. The van der Waals surface area contributed by atoms with Crippen molar-refractivity contribution in [2.75, 3.05) is 16.3 Å². The number of aliphatic hydroxyl groups excluding tert-OH is 1. The first-order valence-corrected chi connectivity index (χ1v) is 16.6. The number of halogens is 3. The molecule has 15 heteroatoms. The van der Waals surface area contributed by atoms with Crippen molar-refractivity contribution in [3.63, 3.8) is 0 Å². The van der Waals surface area contributed by atoms with Crippen LogP contribution in [0.3, 0.4) is 0 Å². The first-order chi connectivity index (χ1) is 19.6. The maximum atomic E-state index is 14.1. The summed E-state index contributed by atoms with van der Waals surface area (Å²) < 4.78 is 95.1. The molecule has 2 atom stereocenters. The quantitative estimate of drug-likeness (QED) is 0.451. The second kappa shape index (κ2) is 9.73.